The number of hydrogen-bond acceptors (Lipinski definition) is 4. The van der Waals surface area contributed by atoms with Gasteiger partial charge in [-0.1, -0.05) is 29.8 Å². The van der Waals surface area contributed by atoms with Crippen LogP contribution in [0.25, 0.3) is 21.3 Å². The molecular formula is C15H15N3S. The van der Waals surface area contributed by atoms with Crippen molar-refractivity contribution in [3.63, 3.8) is 0 Å². The Bertz CT molecular complexity index is 714. The van der Waals surface area contributed by atoms with E-state index in [2.05, 4.69) is 46.5 Å². The minimum atomic E-state index is 0.974. The van der Waals surface area contributed by atoms with Crippen LogP contribution in [-0.2, 0) is 0 Å². The molecule has 2 aromatic heterocycles. The van der Waals surface area contributed by atoms with Crippen LogP contribution in [0, 0.1) is 6.92 Å². The fourth-order valence-corrected chi connectivity index (χ4v) is 3.05. The topological polar surface area (TPSA) is 29.0 Å². The first-order valence-electron chi connectivity index (χ1n) is 6.13. The van der Waals surface area contributed by atoms with Crippen molar-refractivity contribution in [2.24, 2.45) is 0 Å². The Morgan fingerprint density at radius 1 is 1.05 bits per heavy atom. The first-order valence-corrected chi connectivity index (χ1v) is 7.01. The standard InChI is InChI=1S/C15H15N3S/c1-10-4-6-11(7-5-10)12-8-19-15-13(12)14(18(2)3)16-9-17-15/h4-9H,1-3H3. The second-order valence-electron chi connectivity index (χ2n) is 4.79. The molecular weight excluding hydrogens is 254 g/mol. The van der Waals surface area contributed by atoms with Crippen LogP contribution in [0.3, 0.4) is 0 Å². The highest BCUT2D eigenvalue weighted by Crippen LogP contribution is 2.37. The summed E-state index contributed by atoms with van der Waals surface area (Å²) in [7, 11) is 4.02. The van der Waals surface area contributed by atoms with Crippen LogP contribution < -0.4 is 4.90 Å². The molecule has 2 heterocycles. The zero-order valence-electron chi connectivity index (χ0n) is 11.2. The first kappa shape index (κ1) is 12.1. The molecule has 19 heavy (non-hydrogen) atoms. The summed E-state index contributed by atoms with van der Waals surface area (Å²) in [5, 5.41) is 3.30. The molecule has 3 nitrogen and oxygen atoms in total. The summed E-state index contributed by atoms with van der Waals surface area (Å²) in [6.45, 7) is 2.10. The van der Waals surface area contributed by atoms with Gasteiger partial charge in [0.25, 0.3) is 0 Å². The van der Waals surface area contributed by atoms with Gasteiger partial charge in [-0.2, -0.15) is 0 Å². The molecule has 0 N–H and O–H groups in total. The van der Waals surface area contributed by atoms with Crippen molar-refractivity contribution in [2.75, 3.05) is 19.0 Å². The Hall–Kier alpha value is -1.94. The maximum atomic E-state index is 4.40. The number of aromatic nitrogens is 2. The summed E-state index contributed by atoms with van der Waals surface area (Å²) in [5.41, 5.74) is 3.70. The van der Waals surface area contributed by atoms with Gasteiger partial charge in [-0.25, -0.2) is 9.97 Å². The largest absolute Gasteiger partial charge is 0.362 e. The van der Waals surface area contributed by atoms with E-state index in [0.717, 1.165) is 16.0 Å². The molecule has 0 saturated heterocycles. The van der Waals surface area contributed by atoms with Crippen molar-refractivity contribution in [3.8, 4) is 11.1 Å². The molecule has 3 aromatic rings. The summed E-state index contributed by atoms with van der Waals surface area (Å²) < 4.78 is 0. The zero-order chi connectivity index (χ0) is 13.4. The highest BCUT2D eigenvalue weighted by atomic mass is 32.1. The number of rotatable bonds is 2. The molecule has 4 heteroatoms. The van der Waals surface area contributed by atoms with Gasteiger partial charge in [-0.3, -0.25) is 0 Å². The molecule has 0 unspecified atom stereocenters. The molecule has 0 bridgehead atoms. The fourth-order valence-electron chi connectivity index (χ4n) is 2.14. The zero-order valence-corrected chi connectivity index (χ0v) is 12.0. The van der Waals surface area contributed by atoms with Gasteiger partial charge in [0.15, 0.2) is 0 Å². The van der Waals surface area contributed by atoms with Gasteiger partial charge in [0.2, 0.25) is 0 Å². The van der Waals surface area contributed by atoms with Gasteiger partial charge < -0.3 is 4.90 Å². The van der Waals surface area contributed by atoms with Crippen LogP contribution in [0.15, 0.2) is 36.0 Å². The van der Waals surface area contributed by atoms with E-state index in [-0.39, 0.29) is 0 Å². The molecule has 1 aromatic carbocycles. The second kappa shape index (κ2) is 4.63. The van der Waals surface area contributed by atoms with E-state index in [4.69, 9.17) is 0 Å². The predicted octanol–water partition coefficient (Wildman–Crippen LogP) is 3.73. The molecule has 0 amide bonds. The molecule has 0 spiro atoms. The van der Waals surface area contributed by atoms with Crippen molar-refractivity contribution >= 4 is 27.4 Å². The molecule has 0 saturated carbocycles. The summed E-state index contributed by atoms with van der Waals surface area (Å²) in [4.78, 5) is 11.8. The third-order valence-corrected chi connectivity index (χ3v) is 4.02. The van der Waals surface area contributed by atoms with Crippen molar-refractivity contribution in [1.82, 2.24) is 9.97 Å². The Morgan fingerprint density at radius 3 is 2.47 bits per heavy atom. The number of nitrogens with zero attached hydrogens (tertiary/aromatic N) is 3. The van der Waals surface area contributed by atoms with E-state index >= 15 is 0 Å². The third kappa shape index (κ3) is 2.08. The Balaban J connectivity index is 2.27. The summed E-state index contributed by atoms with van der Waals surface area (Å²) >= 11 is 1.67. The van der Waals surface area contributed by atoms with Crippen LogP contribution in [0.4, 0.5) is 5.82 Å². The molecule has 96 valence electrons. The molecule has 0 aliphatic carbocycles. The first-order chi connectivity index (χ1) is 9.16. The lowest BCUT2D eigenvalue weighted by Crippen LogP contribution is -2.11. The van der Waals surface area contributed by atoms with Gasteiger partial charge in [-0.05, 0) is 12.5 Å². The van der Waals surface area contributed by atoms with Gasteiger partial charge >= 0.3 is 0 Å². The van der Waals surface area contributed by atoms with Crippen LogP contribution in [0.1, 0.15) is 5.56 Å². The molecule has 0 fully saturated rings. The predicted molar refractivity (Wildman–Crippen MR) is 81.9 cm³/mol. The van der Waals surface area contributed by atoms with Crippen molar-refractivity contribution in [1.29, 1.82) is 0 Å². The Morgan fingerprint density at radius 2 is 1.79 bits per heavy atom. The monoisotopic (exact) mass is 269 g/mol. The number of fused-ring (bicyclic) bond motifs is 1. The Labute approximate surface area is 116 Å². The van der Waals surface area contributed by atoms with Crippen molar-refractivity contribution < 1.29 is 0 Å². The quantitative estimate of drug-likeness (QED) is 0.709. The lowest BCUT2D eigenvalue weighted by atomic mass is 10.0. The van der Waals surface area contributed by atoms with Crippen LogP contribution in [0.2, 0.25) is 0 Å². The molecule has 0 radical (unpaired) electrons. The van der Waals surface area contributed by atoms with E-state index in [1.807, 2.05) is 19.0 Å². The van der Waals surface area contributed by atoms with E-state index < -0.39 is 0 Å². The maximum Gasteiger partial charge on any atom is 0.140 e. The number of thiophene rings is 1. The van der Waals surface area contributed by atoms with Crippen molar-refractivity contribution in [2.45, 2.75) is 6.92 Å². The van der Waals surface area contributed by atoms with Crippen molar-refractivity contribution in [3.05, 3.63) is 41.5 Å². The summed E-state index contributed by atoms with van der Waals surface area (Å²) in [6, 6.07) is 8.59. The van der Waals surface area contributed by atoms with Gasteiger partial charge in [0, 0.05) is 25.0 Å². The number of hydrogen-bond donors (Lipinski definition) is 0. The molecule has 0 aliphatic heterocycles. The van der Waals surface area contributed by atoms with Gasteiger partial charge in [-0.15, -0.1) is 11.3 Å². The van der Waals surface area contributed by atoms with Crippen LogP contribution >= 0.6 is 11.3 Å². The average Bonchev–Trinajstić information content (AvgIpc) is 2.83. The normalized spacial score (nSPS) is 10.9. The van der Waals surface area contributed by atoms with E-state index in [1.165, 1.54) is 16.7 Å². The van der Waals surface area contributed by atoms with E-state index in [0.29, 0.717) is 0 Å². The number of benzene rings is 1. The summed E-state index contributed by atoms with van der Waals surface area (Å²) in [6.07, 6.45) is 1.63. The minimum absolute atomic E-state index is 0.974. The third-order valence-electron chi connectivity index (χ3n) is 3.14. The highest BCUT2D eigenvalue weighted by Gasteiger charge is 2.13. The van der Waals surface area contributed by atoms with E-state index in [9.17, 15) is 0 Å². The van der Waals surface area contributed by atoms with Crippen LogP contribution in [-0.4, -0.2) is 24.1 Å². The number of anilines is 1. The number of aryl methyl sites for hydroxylation is 1. The summed E-state index contributed by atoms with van der Waals surface area (Å²) in [5.74, 6) is 0.974. The van der Waals surface area contributed by atoms with Gasteiger partial charge in [0.1, 0.15) is 17.0 Å². The Kier molecular flexibility index (Phi) is 2.95. The fraction of sp³-hybridized carbons (Fsp3) is 0.200. The average molecular weight is 269 g/mol. The van der Waals surface area contributed by atoms with E-state index in [1.54, 1.807) is 17.7 Å². The lowest BCUT2D eigenvalue weighted by molar-refractivity contribution is 1.06. The maximum absolute atomic E-state index is 4.40. The van der Waals surface area contributed by atoms with Crippen LogP contribution in [0.5, 0.6) is 0 Å². The lowest BCUT2D eigenvalue weighted by Gasteiger charge is -2.13. The molecule has 0 aliphatic rings. The molecule has 0 atom stereocenters. The highest BCUT2D eigenvalue weighted by molar-refractivity contribution is 7.17. The molecule has 3 rings (SSSR count). The van der Waals surface area contributed by atoms with Gasteiger partial charge in [0.05, 0.1) is 5.39 Å². The minimum Gasteiger partial charge on any atom is -0.362 e. The second-order valence-corrected chi connectivity index (χ2v) is 5.65. The smallest absolute Gasteiger partial charge is 0.140 e. The SMILES string of the molecule is Cc1ccc(-c2csc3ncnc(N(C)C)c23)cc1.